The summed E-state index contributed by atoms with van der Waals surface area (Å²) in [5, 5.41) is 0. The lowest BCUT2D eigenvalue weighted by Crippen LogP contribution is -2.34. The van der Waals surface area contributed by atoms with Gasteiger partial charge in [0.2, 0.25) is 0 Å². The van der Waals surface area contributed by atoms with Crippen molar-refractivity contribution in [1.29, 1.82) is 0 Å². The molecule has 1 aromatic rings. The number of hydrogen-bond donors (Lipinski definition) is 1. The molecular formula is C18H27NOS. The van der Waals surface area contributed by atoms with Crippen molar-refractivity contribution in [2.24, 2.45) is 23.5 Å². The zero-order valence-electron chi connectivity index (χ0n) is 13.4. The predicted molar refractivity (Wildman–Crippen MR) is 90.2 cm³/mol. The van der Waals surface area contributed by atoms with E-state index in [-0.39, 0.29) is 0 Å². The lowest BCUT2D eigenvalue weighted by Gasteiger charge is -2.37. The van der Waals surface area contributed by atoms with Crippen LogP contribution in [-0.2, 0) is 11.3 Å². The predicted octanol–water partition coefficient (Wildman–Crippen LogP) is 4.04. The highest BCUT2D eigenvalue weighted by atomic mass is 32.1. The van der Waals surface area contributed by atoms with Crippen molar-refractivity contribution in [3.63, 3.8) is 0 Å². The van der Waals surface area contributed by atoms with E-state index in [9.17, 15) is 0 Å². The van der Waals surface area contributed by atoms with Crippen molar-refractivity contribution >= 4 is 11.3 Å². The highest BCUT2D eigenvalue weighted by Crippen LogP contribution is 2.36. The summed E-state index contributed by atoms with van der Waals surface area (Å²) in [7, 11) is 0. The Morgan fingerprint density at radius 3 is 2.90 bits per heavy atom. The van der Waals surface area contributed by atoms with Crippen LogP contribution in [0.25, 0.3) is 0 Å². The Hall–Kier alpha value is -0.820. The van der Waals surface area contributed by atoms with Crippen LogP contribution in [0.5, 0.6) is 0 Å². The molecule has 116 valence electrons. The summed E-state index contributed by atoms with van der Waals surface area (Å²) in [4.78, 5) is 2.34. The van der Waals surface area contributed by atoms with Crippen LogP contribution in [0, 0.1) is 29.6 Å². The van der Waals surface area contributed by atoms with Gasteiger partial charge in [-0.05, 0) is 42.7 Å². The third-order valence-corrected chi connectivity index (χ3v) is 5.35. The van der Waals surface area contributed by atoms with Gasteiger partial charge in [-0.3, -0.25) is 0 Å². The number of ether oxygens (including phenoxy) is 1. The summed E-state index contributed by atoms with van der Waals surface area (Å²) in [6, 6.07) is 4.19. The lowest BCUT2D eigenvalue weighted by atomic mass is 9.75. The normalized spacial score (nSPS) is 25.7. The highest BCUT2D eigenvalue weighted by Gasteiger charge is 2.31. The molecule has 0 bridgehead atoms. The van der Waals surface area contributed by atoms with E-state index < -0.39 is 0 Å². The molecule has 1 fully saturated rings. The first-order valence-electron chi connectivity index (χ1n) is 7.99. The summed E-state index contributed by atoms with van der Waals surface area (Å²) in [6.07, 6.45) is 4.27. The van der Waals surface area contributed by atoms with Crippen molar-refractivity contribution in [3.05, 3.63) is 21.9 Å². The highest BCUT2D eigenvalue weighted by molar-refractivity contribution is 7.12. The van der Waals surface area contributed by atoms with E-state index in [1.54, 1.807) is 11.3 Å². The lowest BCUT2D eigenvalue weighted by molar-refractivity contribution is -0.0463. The maximum atomic E-state index is 6.27. The fourth-order valence-electron chi connectivity index (χ4n) is 3.16. The zero-order chi connectivity index (χ0) is 15.2. The summed E-state index contributed by atoms with van der Waals surface area (Å²) in [5.74, 6) is 8.19. The third-order valence-electron chi connectivity index (χ3n) is 4.38. The topological polar surface area (TPSA) is 35.2 Å². The van der Waals surface area contributed by atoms with E-state index in [1.807, 2.05) is 0 Å². The first-order valence-corrected chi connectivity index (χ1v) is 8.81. The Balaban J connectivity index is 1.92. The monoisotopic (exact) mass is 305 g/mol. The Morgan fingerprint density at radius 2 is 2.19 bits per heavy atom. The van der Waals surface area contributed by atoms with Gasteiger partial charge in [0, 0.05) is 4.88 Å². The molecule has 1 saturated carbocycles. The van der Waals surface area contributed by atoms with Gasteiger partial charge in [-0.25, -0.2) is 0 Å². The van der Waals surface area contributed by atoms with Gasteiger partial charge in [0.15, 0.2) is 0 Å². The van der Waals surface area contributed by atoms with Gasteiger partial charge in [-0.2, -0.15) is 0 Å². The second-order valence-electron chi connectivity index (χ2n) is 6.45. The molecule has 0 aliphatic heterocycles. The molecule has 3 atom stereocenters. The fourth-order valence-corrected chi connectivity index (χ4v) is 3.96. The summed E-state index contributed by atoms with van der Waals surface area (Å²) >= 11 is 1.72. The molecule has 21 heavy (non-hydrogen) atoms. The van der Waals surface area contributed by atoms with E-state index in [4.69, 9.17) is 10.5 Å². The zero-order valence-corrected chi connectivity index (χ0v) is 14.2. The van der Waals surface area contributed by atoms with Crippen LogP contribution in [0.3, 0.4) is 0 Å². The molecule has 1 aliphatic carbocycles. The smallest absolute Gasteiger partial charge is 0.0813 e. The average Bonchev–Trinajstić information content (AvgIpc) is 2.90. The molecule has 0 saturated heterocycles. The molecule has 3 unspecified atom stereocenters. The number of thiophene rings is 1. The van der Waals surface area contributed by atoms with Crippen molar-refractivity contribution in [2.75, 3.05) is 6.54 Å². The Labute approximate surface area is 133 Å². The van der Waals surface area contributed by atoms with Gasteiger partial charge >= 0.3 is 0 Å². The molecular weight excluding hydrogens is 278 g/mol. The Bertz CT molecular complexity index is 497. The van der Waals surface area contributed by atoms with Gasteiger partial charge in [0.1, 0.15) is 0 Å². The molecule has 0 aromatic carbocycles. The minimum absolute atomic E-state index is 0.412. The SMILES string of the molecule is CC1CCC(C(C)C)C(OCc2ccc(C#CCN)s2)C1. The van der Waals surface area contributed by atoms with E-state index in [2.05, 4.69) is 44.7 Å². The van der Waals surface area contributed by atoms with E-state index in [0.717, 1.165) is 17.4 Å². The third kappa shape index (κ3) is 4.85. The molecule has 0 amide bonds. The first kappa shape index (κ1) is 16.5. The van der Waals surface area contributed by atoms with E-state index in [1.165, 1.54) is 24.1 Å². The standard InChI is InChI=1S/C18H27NOS/c1-13(2)17-9-6-14(3)11-18(17)20-12-16-8-7-15(21-16)5-4-10-19/h7-8,13-14,17-18H,6,9-12,19H2,1-3H3. The van der Waals surface area contributed by atoms with Gasteiger partial charge in [-0.1, -0.05) is 39.0 Å². The van der Waals surface area contributed by atoms with Gasteiger partial charge in [0.25, 0.3) is 0 Å². The van der Waals surface area contributed by atoms with Crippen LogP contribution >= 0.6 is 11.3 Å². The molecule has 3 heteroatoms. The number of nitrogens with two attached hydrogens (primary N) is 1. The molecule has 2 nitrogen and oxygen atoms in total. The Morgan fingerprint density at radius 1 is 1.38 bits per heavy atom. The fraction of sp³-hybridized carbons (Fsp3) is 0.667. The quantitative estimate of drug-likeness (QED) is 0.852. The van der Waals surface area contributed by atoms with Crippen molar-refractivity contribution in [2.45, 2.75) is 52.7 Å². The number of hydrogen-bond acceptors (Lipinski definition) is 3. The molecule has 1 aliphatic rings. The largest absolute Gasteiger partial charge is 0.372 e. The first-order chi connectivity index (χ1) is 10.1. The van der Waals surface area contributed by atoms with E-state index >= 15 is 0 Å². The van der Waals surface area contributed by atoms with Crippen molar-refractivity contribution in [3.8, 4) is 11.8 Å². The summed E-state index contributed by atoms with van der Waals surface area (Å²) in [5.41, 5.74) is 5.40. The van der Waals surface area contributed by atoms with E-state index in [0.29, 0.717) is 24.5 Å². The second-order valence-corrected chi connectivity index (χ2v) is 7.62. The van der Waals surface area contributed by atoms with Crippen LogP contribution in [-0.4, -0.2) is 12.6 Å². The van der Waals surface area contributed by atoms with Crippen LogP contribution in [0.15, 0.2) is 12.1 Å². The Kier molecular flexibility index (Phi) is 6.29. The molecule has 1 heterocycles. The number of rotatable bonds is 4. The summed E-state index contributed by atoms with van der Waals surface area (Å²) in [6.45, 7) is 8.12. The molecule has 2 N–H and O–H groups in total. The summed E-state index contributed by atoms with van der Waals surface area (Å²) < 4.78 is 6.27. The van der Waals surface area contributed by atoms with Crippen molar-refractivity contribution in [1.82, 2.24) is 0 Å². The van der Waals surface area contributed by atoms with Gasteiger partial charge < -0.3 is 10.5 Å². The second kappa shape index (κ2) is 7.98. The van der Waals surface area contributed by atoms with Crippen LogP contribution < -0.4 is 5.73 Å². The molecule has 0 spiro atoms. The van der Waals surface area contributed by atoms with Crippen molar-refractivity contribution < 1.29 is 4.74 Å². The van der Waals surface area contributed by atoms with Crippen LogP contribution in [0.2, 0.25) is 0 Å². The van der Waals surface area contributed by atoms with Crippen LogP contribution in [0.1, 0.15) is 49.8 Å². The maximum absolute atomic E-state index is 6.27. The van der Waals surface area contributed by atoms with Crippen LogP contribution in [0.4, 0.5) is 0 Å². The molecule has 2 rings (SSSR count). The minimum atomic E-state index is 0.412. The minimum Gasteiger partial charge on any atom is -0.372 e. The molecule has 0 radical (unpaired) electrons. The maximum Gasteiger partial charge on any atom is 0.0813 e. The van der Waals surface area contributed by atoms with Gasteiger partial charge in [-0.15, -0.1) is 11.3 Å². The molecule has 1 aromatic heterocycles. The average molecular weight is 305 g/mol. The van der Waals surface area contributed by atoms with Gasteiger partial charge in [0.05, 0.1) is 24.1 Å².